The van der Waals surface area contributed by atoms with E-state index < -0.39 is 4.87 Å². The third-order valence-corrected chi connectivity index (χ3v) is 6.95. The lowest BCUT2D eigenvalue weighted by molar-refractivity contribution is -0.144. The molecule has 0 amide bonds. The molecule has 1 fully saturated rings. The first-order valence-electron chi connectivity index (χ1n) is 9.40. The second-order valence-electron chi connectivity index (χ2n) is 8.18. The molecule has 0 aromatic carbocycles. The van der Waals surface area contributed by atoms with E-state index in [1.54, 1.807) is 12.2 Å². The van der Waals surface area contributed by atoms with Gasteiger partial charge in [0.2, 0.25) is 0 Å². The minimum atomic E-state index is -0.437. The molecule has 0 saturated heterocycles. The molecule has 2 aliphatic carbocycles. The van der Waals surface area contributed by atoms with Crippen LogP contribution in [0.3, 0.4) is 0 Å². The minimum Gasteiger partial charge on any atom is -0.465 e. The van der Waals surface area contributed by atoms with Gasteiger partial charge >= 0.3 is 5.97 Å². The number of rotatable bonds is 6. The van der Waals surface area contributed by atoms with Crippen molar-refractivity contribution >= 4 is 23.4 Å². The van der Waals surface area contributed by atoms with Crippen LogP contribution < -0.4 is 0 Å². The fraction of sp³-hybridized carbons (Fsp3) is 0.714. The predicted molar refractivity (Wildman–Crippen MR) is 102 cm³/mol. The van der Waals surface area contributed by atoms with Gasteiger partial charge in [0.1, 0.15) is 0 Å². The van der Waals surface area contributed by atoms with Gasteiger partial charge in [-0.1, -0.05) is 39.3 Å². The number of esters is 1. The minimum absolute atomic E-state index is 0.0674. The van der Waals surface area contributed by atoms with Gasteiger partial charge in [0.05, 0.1) is 11.5 Å². The number of fused-ring (bicyclic) bond motifs is 1. The van der Waals surface area contributed by atoms with Gasteiger partial charge in [-0.25, -0.2) is 0 Å². The first kappa shape index (κ1) is 20.2. The van der Waals surface area contributed by atoms with Crippen LogP contribution in [-0.2, 0) is 14.3 Å². The molecule has 0 bridgehead atoms. The van der Waals surface area contributed by atoms with Gasteiger partial charge in [0.25, 0.3) is 0 Å². The summed E-state index contributed by atoms with van der Waals surface area (Å²) in [4.78, 5) is 22.6. The zero-order chi connectivity index (χ0) is 18.8. The Hall–Kier alpha value is -1.09. The van der Waals surface area contributed by atoms with Crippen LogP contribution in [0.2, 0.25) is 0 Å². The molecule has 0 unspecified atom stereocenters. The molecular weight excluding hydrogens is 336 g/mol. The lowest BCUT2D eigenvalue weighted by Crippen LogP contribution is -2.51. The summed E-state index contributed by atoms with van der Waals surface area (Å²) in [5, 5.41) is 0. The van der Waals surface area contributed by atoms with Crippen LogP contribution in [0.5, 0.6) is 0 Å². The molecule has 25 heavy (non-hydrogen) atoms. The number of carbonyl (C=O) groups excluding carboxylic acids is 2. The second-order valence-corrected chi connectivity index (χ2v) is 8.97. The number of ketones is 1. The van der Waals surface area contributed by atoms with Crippen molar-refractivity contribution in [1.82, 2.24) is 0 Å². The average molecular weight is 367 g/mol. The molecule has 0 heterocycles. The highest BCUT2D eigenvalue weighted by Gasteiger charge is 2.54. The number of ether oxygens (including phenoxy) is 1. The lowest BCUT2D eigenvalue weighted by atomic mass is 9.56. The van der Waals surface area contributed by atoms with Crippen molar-refractivity contribution in [3.8, 4) is 0 Å². The van der Waals surface area contributed by atoms with E-state index in [4.69, 9.17) is 16.3 Å². The van der Waals surface area contributed by atoms with Crippen molar-refractivity contribution in [2.24, 2.45) is 23.2 Å². The molecule has 140 valence electrons. The SMILES string of the molecule is CCC(=O)OC[C@@H](C)C[C@H](C)[C@@H]1CCC2=CC(=O)C=C[C@]2(C)[C@]1(C)Cl. The summed E-state index contributed by atoms with van der Waals surface area (Å²) in [7, 11) is 0. The largest absolute Gasteiger partial charge is 0.465 e. The number of alkyl halides is 1. The maximum atomic E-state index is 11.7. The highest BCUT2D eigenvalue weighted by atomic mass is 35.5. The third-order valence-electron chi connectivity index (χ3n) is 6.28. The zero-order valence-electron chi connectivity index (χ0n) is 16.1. The molecule has 0 aliphatic heterocycles. The quantitative estimate of drug-likeness (QED) is 0.486. The molecular formula is C21H31ClO3. The van der Waals surface area contributed by atoms with Crippen LogP contribution in [-0.4, -0.2) is 23.2 Å². The Balaban J connectivity index is 2.07. The Morgan fingerprint density at radius 1 is 1.40 bits per heavy atom. The summed E-state index contributed by atoms with van der Waals surface area (Å²) in [6.07, 6.45) is 8.74. The van der Waals surface area contributed by atoms with E-state index in [1.807, 2.05) is 13.0 Å². The Morgan fingerprint density at radius 3 is 2.72 bits per heavy atom. The average Bonchev–Trinajstić information content (AvgIpc) is 2.54. The van der Waals surface area contributed by atoms with Gasteiger partial charge in [-0.05, 0) is 56.1 Å². The topological polar surface area (TPSA) is 43.4 Å². The van der Waals surface area contributed by atoms with Crippen molar-refractivity contribution in [3.05, 3.63) is 23.8 Å². The number of halogens is 1. The van der Waals surface area contributed by atoms with Gasteiger partial charge in [-0.2, -0.15) is 0 Å². The van der Waals surface area contributed by atoms with E-state index >= 15 is 0 Å². The molecule has 5 atom stereocenters. The van der Waals surface area contributed by atoms with E-state index in [0.29, 0.717) is 30.8 Å². The van der Waals surface area contributed by atoms with Gasteiger partial charge in [-0.3, -0.25) is 9.59 Å². The fourth-order valence-electron chi connectivity index (χ4n) is 4.52. The number of hydrogen-bond donors (Lipinski definition) is 0. The summed E-state index contributed by atoms with van der Waals surface area (Å²) in [5.41, 5.74) is 0.878. The maximum absolute atomic E-state index is 11.7. The van der Waals surface area contributed by atoms with Gasteiger partial charge in [-0.15, -0.1) is 11.6 Å². The first-order valence-corrected chi connectivity index (χ1v) is 9.78. The standard InChI is InChI=1S/C21H31ClO3/c1-6-19(24)25-13-14(2)11-15(3)18-8-7-16-12-17(23)9-10-20(16,4)21(18,5)22/h9-10,12,14-15,18H,6-8,11,13H2,1-5H3/t14-,15-,18-,20-,21+/m0/s1. The monoisotopic (exact) mass is 366 g/mol. The van der Waals surface area contributed by atoms with Crippen molar-refractivity contribution in [2.45, 2.75) is 65.2 Å². The maximum Gasteiger partial charge on any atom is 0.305 e. The van der Waals surface area contributed by atoms with Gasteiger partial charge in [0, 0.05) is 11.8 Å². The van der Waals surface area contributed by atoms with Crippen LogP contribution in [0.15, 0.2) is 23.8 Å². The summed E-state index contributed by atoms with van der Waals surface area (Å²) < 4.78 is 5.28. The molecule has 2 rings (SSSR count). The smallest absolute Gasteiger partial charge is 0.305 e. The van der Waals surface area contributed by atoms with E-state index in [1.165, 1.54) is 0 Å². The fourth-order valence-corrected chi connectivity index (χ4v) is 5.03. The summed E-state index contributed by atoms with van der Waals surface area (Å²) >= 11 is 7.14. The van der Waals surface area contributed by atoms with Crippen molar-refractivity contribution in [1.29, 1.82) is 0 Å². The summed E-state index contributed by atoms with van der Waals surface area (Å²) in [5.74, 6) is 1.00. The van der Waals surface area contributed by atoms with E-state index in [0.717, 1.165) is 24.8 Å². The summed E-state index contributed by atoms with van der Waals surface area (Å²) in [6, 6.07) is 0. The Morgan fingerprint density at radius 2 is 2.08 bits per heavy atom. The Kier molecular flexibility index (Phi) is 6.19. The normalized spacial score (nSPS) is 34.1. The number of carbonyl (C=O) groups is 2. The molecule has 4 heteroatoms. The Labute approximate surface area is 156 Å². The van der Waals surface area contributed by atoms with Crippen molar-refractivity contribution in [2.75, 3.05) is 6.61 Å². The highest BCUT2D eigenvalue weighted by molar-refractivity contribution is 6.25. The summed E-state index contributed by atoms with van der Waals surface area (Å²) in [6.45, 7) is 10.9. The molecule has 0 aromatic heterocycles. The number of hydrogen-bond acceptors (Lipinski definition) is 3. The molecule has 0 radical (unpaired) electrons. The van der Waals surface area contributed by atoms with Crippen LogP contribution in [0, 0.1) is 23.2 Å². The number of allylic oxidation sites excluding steroid dienone is 4. The van der Waals surface area contributed by atoms with Gasteiger partial charge < -0.3 is 4.74 Å². The highest BCUT2D eigenvalue weighted by Crippen LogP contribution is 2.58. The van der Waals surface area contributed by atoms with E-state index in [2.05, 4.69) is 27.7 Å². The molecule has 3 nitrogen and oxygen atoms in total. The van der Waals surface area contributed by atoms with Crippen LogP contribution >= 0.6 is 11.6 Å². The van der Waals surface area contributed by atoms with Crippen molar-refractivity contribution < 1.29 is 14.3 Å². The molecule has 1 saturated carbocycles. The zero-order valence-corrected chi connectivity index (χ0v) is 16.9. The van der Waals surface area contributed by atoms with Crippen molar-refractivity contribution in [3.63, 3.8) is 0 Å². The lowest BCUT2D eigenvalue weighted by Gasteiger charge is -2.53. The Bertz CT molecular complexity index is 590. The second kappa shape index (κ2) is 7.65. The molecule has 0 aromatic rings. The third kappa shape index (κ3) is 4.02. The first-order chi connectivity index (χ1) is 11.6. The van der Waals surface area contributed by atoms with Crippen LogP contribution in [0.25, 0.3) is 0 Å². The molecule has 0 spiro atoms. The van der Waals surface area contributed by atoms with Crippen LogP contribution in [0.4, 0.5) is 0 Å². The van der Waals surface area contributed by atoms with Crippen LogP contribution in [0.1, 0.15) is 60.3 Å². The molecule has 2 aliphatic rings. The van der Waals surface area contributed by atoms with E-state index in [9.17, 15) is 9.59 Å². The predicted octanol–water partition coefficient (Wildman–Crippen LogP) is 5.08. The van der Waals surface area contributed by atoms with Gasteiger partial charge in [0.15, 0.2) is 5.78 Å². The molecule has 0 N–H and O–H groups in total. The van der Waals surface area contributed by atoms with E-state index in [-0.39, 0.29) is 17.2 Å².